The summed E-state index contributed by atoms with van der Waals surface area (Å²) in [4.78, 5) is 11.9. The average molecular weight is 683 g/mol. The van der Waals surface area contributed by atoms with Gasteiger partial charge in [0.05, 0.1) is 19.8 Å². The number of unbranched alkanes of at least 4 members (excludes halogenated alkanes) is 24. The van der Waals surface area contributed by atoms with Crippen molar-refractivity contribution in [1.29, 1.82) is 0 Å². The number of carbonyl (C=O) groups excluding carboxylic acids is 1. The molecule has 5 nitrogen and oxygen atoms in total. The Bertz CT molecular complexity index is 935. The lowest BCUT2D eigenvalue weighted by Crippen LogP contribution is -2.58. The summed E-state index contributed by atoms with van der Waals surface area (Å²) in [5.74, 6) is -0.783. The zero-order chi connectivity index (χ0) is 34.6. The van der Waals surface area contributed by atoms with Gasteiger partial charge in [0, 0.05) is 18.3 Å². The molecular formula is C44H74O5. The van der Waals surface area contributed by atoms with Crippen LogP contribution in [0, 0.1) is 5.41 Å². The molecule has 5 heteroatoms. The summed E-state index contributed by atoms with van der Waals surface area (Å²) in [6.45, 7) is 4.89. The molecule has 1 aromatic rings. The van der Waals surface area contributed by atoms with E-state index in [-0.39, 0.29) is 11.4 Å². The van der Waals surface area contributed by atoms with Crippen LogP contribution >= 0.6 is 0 Å². The fourth-order valence-electron chi connectivity index (χ4n) is 7.04. The first kappa shape index (κ1) is 41.7. The van der Waals surface area contributed by atoms with Crippen molar-refractivity contribution in [3.05, 3.63) is 48.0 Å². The van der Waals surface area contributed by atoms with Crippen LogP contribution in [0.5, 0.6) is 0 Å². The van der Waals surface area contributed by atoms with Crippen molar-refractivity contribution in [2.45, 2.75) is 199 Å². The largest absolute Gasteiger partial charge is 0.461 e. The summed E-state index contributed by atoms with van der Waals surface area (Å²) in [6.07, 6.45) is 40.8. The van der Waals surface area contributed by atoms with E-state index >= 15 is 0 Å². The molecule has 0 radical (unpaired) electrons. The second-order valence-electron chi connectivity index (χ2n) is 15.5. The molecule has 0 saturated carbocycles. The van der Waals surface area contributed by atoms with Gasteiger partial charge in [-0.3, -0.25) is 4.79 Å². The van der Waals surface area contributed by atoms with Crippen LogP contribution in [0.25, 0.3) is 0 Å². The number of esters is 1. The third-order valence-corrected chi connectivity index (χ3v) is 10.4. The summed E-state index contributed by atoms with van der Waals surface area (Å²) < 4.78 is 23.0. The summed E-state index contributed by atoms with van der Waals surface area (Å²) in [5, 5.41) is 0. The molecule has 280 valence electrons. The Morgan fingerprint density at radius 1 is 0.571 bits per heavy atom. The summed E-state index contributed by atoms with van der Waals surface area (Å²) in [6, 6.07) is 9.91. The lowest BCUT2D eigenvalue weighted by molar-refractivity contribution is -0.467. The van der Waals surface area contributed by atoms with Crippen LogP contribution in [0.1, 0.15) is 192 Å². The Balaban J connectivity index is 0.926. The Hall–Kier alpha value is -1.69. The number of hydrogen-bond donors (Lipinski definition) is 0. The maximum Gasteiger partial charge on any atom is 0.306 e. The lowest BCUT2D eigenvalue weighted by Gasteiger charge is -2.50. The van der Waals surface area contributed by atoms with E-state index < -0.39 is 5.97 Å². The number of allylic oxidation sites excluding steroid dienone is 2. The fourth-order valence-corrected chi connectivity index (χ4v) is 7.04. The Morgan fingerprint density at radius 3 is 1.41 bits per heavy atom. The smallest absolute Gasteiger partial charge is 0.306 e. The van der Waals surface area contributed by atoms with Crippen LogP contribution in [-0.2, 0) is 30.3 Å². The molecule has 3 saturated heterocycles. The van der Waals surface area contributed by atoms with Crippen LogP contribution < -0.4 is 0 Å². The number of rotatable bonds is 32. The van der Waals surface area contributed by atoms with Crippen molar-refractivity contribution < 1.29 is 23.7 Å². The van der Waals surface area contributed by atoms with Gasteiger partial charge in [-0.25, -0.2) is 0 Å². The Morgan fingerprint density at radius 2 is 0.959 bits per heavy atom. The van der Waals surface area contributed by atoms with E-state index in [4.69, 9.17) is 18.9 Å². The first-order chi connectivity index (χ1) is 24.1. The van der Waals surface area contributed by atoms with Gasteiger partial charge in [0.15, 0.2) is 0 Å². The van der Waals surface area contributed by atoms with Crippen LogP contribution in [0.3, 0.4) is 0 Å². The number of fused-ring (bicyclic) bond motifs is 3. The monoisotopic (exact) mass is 683 g/mol. The van der Waals surface area contributed by atoms with Crippen molar-refractivity contribution in [2.75, 3.05) is 19.8 Å². The molecule has 0 spiro atoms. The minimum absolute atomic E-state index is 0.0641. The molecule has 0 amide bonds. The van der Waals surface area contributed by atoms with E-state index in [2.05, 4.69) is 19.1 Å². The first-order valence-corrected chi connectivity index (χ1v) is 20.9. The molecule has 0 atom stereocenters. The number of ether oxygens (including phenoxy) is 4. The molecule has 3 aliphatic rings. The molecule has 4 rings (SSSR count). The van der Waals surface area contributed by atoms with Gasteiger partial charge in [0.25, 0.3) is 5.97 Å². The normalized spacial score (nSPS) is 20.3. The molecule has 49 heavy (non-hydrogen) atoms. The maximum atomic E-state index is 11.9. The van der Waals surface area contributed by atoms with Gasteiger partial charge in [-0.2, -0.15) is 0 Å². The van der Waals surface area contributed by atoms with Crippen LogP contribution in [0.15, 0.2) is 42.5 Å². The predicted octanol–water partition coefficient (Wildman–Crippen LogP) is 12.9. The van der Waals surface area contributed by atoms with Gasteiger partial charge in [-0.05, 0) is 44.1 Å². The quantitative estimate of drug-likeness (QED) is 0.0430. The van der Waals surface area contributed by atoms with Gasteiger partial charge in [-0.1, -0.05) is 178 Å². The van der Waals surface area contributed by atoms with Crippen LogP contribution in [0.4, 0.5) is 0 Å². The van der Waals surface area contributed by atoms with E-state index in [9.17, 15) is 4.79 Å². The SMILES string of the molecule is CC12COC(CCCCCCCCCCCCCC/C=C\CCCCCCCCCCCCCCC(=O)OCc3ccccc3)(OC1)OC2. The van der Waals surface area contributed by atoms with Crippen molar-refractivity contribution in [3.8, 4) is 0 Å². The standard InChI is InChI=1S/C44H74O5/c1-43-38-47-44(48-39-43,49-40-43)36-32-27-25-23-21-19-17-15-13-11-9-7-5-3-2-4-6-8-10-12-14-16-18-20-22-24-26-31-35-42(45)46-37-41-33-29-28-30-34-41/h2-3,28-30,33-34H,4-27,31-32,35-40H2,1H3/b3-2-. The van der Waals surface area contributed by atoms with Crippen molar-refractivity contribution in [3.63, 3.8) is 0 Å². The zero-order valence-electron chi connectivity index (χ0n) is 31.7. The molecular weight excluding hydrogens is 608 g/mol. The highest BCUT2D eigenvalue weighted by atomic mass is 16.9. The highest BCUT2D eigenvalue weighted by molar-refractivity contribution is 5.69. The second kappa shape index (κ2) is 27.0. The third kappa shape index (κ3) is 20.7. The molecule has 0 N–H and O–H groups in total. The minimum Gasteiger partial charge on any atom is -0.461 e. The van der Waals surface area contributed by atoms with E-state index in [1.165, 1.54) is 148 Å². The summed E-state index contributed by atoms with van der Waals surface area (Å²) in [5.41, 5.74) is 1.12. The maximum absolute atomic E-state index is 11.9. The average Bonchev–Trinajstić information content (AvgIpc) is 3.12. The number of benzene rings is 1. The molecule has 0 unspecified atom stereocenters. The van der Waals surface area contributed by atoms with Gasteiger partial charge in [-0.15, -0.1) is 0 Å². The molecule has 3 fully saturated rings. The van der Waals surface area contributed by atoms with Crippen molar-refractivity contribution >= 4 is 5.97 Å². The van der Waals surface area contributed by atoms with Crippen molar-refractivity contribution in [1.82, 2.24) is 0 Å². The summed E-state index contributed by atoms with van der Waals surface area (Å²) in [7, 11) is 0. The van der Waals surface area contributed by atoms with E-state index in [1.54, 1.807) is 0 Å². The van der Waals surface area contributed by atoms with Gasteiger partial charge in [0.1, 0.15) is 6.61 Å². The van der Waals surface area contributed by atoms with Crippen LogP contribution in [-0.4, -0.2) is 31.8 Å². The van der Waals surface area contributed by atoms with E-state index in [0.29, 0.717) is 13.0 Å². The van der Waals surface area contributed by atoms with Gasteiger partial charge in [0.2, 0.25) is 0 Å². The number of carbonyl (C=O) groups is 1. The van der Waals surface area contributed by atoms with Gasteiger partial charge >= 0.3 is 5.97 Å². The van der Waals surface area contributed by atoms with Gasteiger partial charge < -0.3 is 18.9 Å². The highest BCUT2D eigenvalue weighted by Gasteiger charge is 2.49. The van der Waals surface area contributed by atoms with E-state index in [0.717, 1.165) is 51.1 Å². The minimum atomic E-state index is -0.719. The second-order valence-corrected chi connectivity index (χ2v) is 15.5. The first-order valence-electron chi connectivity index (χ1n) is 20.9. The summed E-state index contributed by atoms with van der Waals surface area (Å²) >= 11 is 0. The zero-order valence-corrected chi connectivity index (χ0v) is 31.7. The topological polar surface area (TPSA) is 54.0 Å². The Labute approximate surface area is 301 Å². The molecule has 3 heterocycles. The van der Waals surface area contributed by atoms with Crippen molar-refractivity contribution in [2.24, 2.45) is 5.41 Å². The van der Waals surface area contributed by atoms with E-state index in [1.807, 2.05) is 30.3 Å². The third-order valence-electron chi connectivity index (χ3n) is 10.4. The number of hydrogen-bond acceptors (Lipinski definition) is 5. The van der Waals surface area contributed by atoms with Crippen LogP contribution in [0.2, 0.25) is 0 Å². The lowest BCUT2D eigenvalue weighted by atomic mass is 9.91. The predicted molar refractivity (Wildman–Crippen MR) is 203 cm³/mol. The fraction of sp³-hybridized carbons (Fsp3) is 0.795. The molecule has 0 aromatic heterocycles. The highest BCUT2D eigenvalue weighted by Crippen LogP contribution is 2.40. The molecule has 3 aliphatic heterocycles. The Kier molecular flexibility index (Phi) is 23.0. The molecule has 1 aromatic carbocycles. The molecule has 0 aliphatic carbocycles. The molecule has 2 bridgehead atoms.